The molecular formula is C12H12N2O. The van der Waals surface area contributed by atoms with Crippen LogP contribution >= 0.6 is 0 Å². The van der Waals surface area contributed by atoms with Gasteiger partial charge in [0.15, 0.2) is 12.4 Å². The first-order chi connectivity index (χ1) is 7.29. The molecule has 3 heteroatoms. The quantitative estimate of drug-likeness (QED) is 0.589. The van der Waals surface area contributed by atoms with E-state index in [0.29, 0.717) is 6.54 Å². The van der Waals surface area contributed by atoms with Crippen LogP contribution in [-0.4, -0.2) is 0 Å². The van der Waals surface area contributed by atoms with Crippen molar-refractivity contribution < 1.29 is 4.73 Å². The Hall–Kier alpha value is -1.87. The summed E-state index contributed by atoms with van der Waals surface area (Å²) < 4.78 is 0.776. The Bertz CT molecular complexity index is 434. The summed E-state index contributed by atoms with van der Waals surface area (Å²) in [6.07, 6.45) is 2.98. The predicted octanol–water partition coefficient (Wildman–Crippen LogP) is 1.45. The Kier molecular flexibility index (Phi) is 2.65. The summed E-state index contributed by atoms with van der Waals surface area (Å²) in [5.74, 6) is 0. The molecule has 1 aromatic heterocycles. The number of hydrogen-bond donors (Lipinski definition) is 1. The molecule has 0 aliphatic rings. The van der Waals surface area contributed by atoms with Gasteiger partial charge in [-0.1, -0.05) is 24.3 Å². The second kappa shape index (κ2) is 4.11. The van der Waals surface area contributed by atoms with Crippen molar-refractivity contribution in [1.29, 1.82) is 0 Å². The highest BCUT2D eigenvalue weighted by Crippen LogP contribution is 2.17. The fraction of sp³-hybridized carbons (Fsp3) is 0.0833. The third kappa shape index (κ3) is 2.14. The van der Waals surface area contributed by atoms with Gasteiger partial charge in [0.05, 0.1) is 0 Å². The molecule has 0 saturated carbocycles. The lowest BCUT2D eigenvalue weighted by atomic mass is 10.1. The van der Waals surface area contributed by atoms with E-state index < -0.39 is 0 Å². The molecule has 3 nitrogen and oxygen atoms in total. The van der Waals surface area contributed by atoms with Crippen LogP contribution in [0.4, 0.5) is 0 Å². The molecule has 2 rings (SSSR count). The lowest BCUT2D eigenvalue weighted by Gasteiger charge is -2.02. The van der Waals surface area contributed by atoms with Crippen molar-refractivity contribution in [1.82, 2.24) is 0 Å². The molecule has 0 radical (unpaired) electrons. The molecular weight excluding hydrogens is 188 g/mol. The Morgan fingerprint density at radius 3 is 2.00 bits per heavy atom. The SMILES string of the molecule is NCc1ccc(-c2cc[n+]([O-])cc2)cc1. The third-order valence-corrected chi connectivity index (χ3v) is 2.33. The van der Waals surface area contributed by atoms with E-state index in [1.54, 1.807) is 12.1 Å². The molecule has 0 unspecified atom stereocenters. The summed E-state index contributed by atoms with van der Waals surface area (Å²) in [4.78, 5) is 0. The van der Waals surface area contributed by atoms with Crippen LogP contribution in [0, 0.1) is 5.21 Å². The Labute approximate surface area is 88.4 Å². The van der Waals surface area contributed by atoms with Crippen molar-refractivity contribution >= 4 is 0 Å². The van der Waals surface area contributed by atoms with E-state index in [4.69, 9.17) is 5.73 Å². The molecule has 0 amide bonds. The molecule has 0 aliphatic carbocycles. The van der Waals surface area contributed by atoms with Gasteiger partial charge in [-0.05, 0) is 16.7 Å². The number of nitrogens with two attached hydrogens (primary N) is 1. The summed E-state index contributed by atoms with van der Waals surface area (Å²) in [7, 11) is 0. The van der Waals surface area contributed by atoms with Crippen molar-refractivity contribution in [2.24, 2.45) is 5.73 Å². The van der Waals surface area contributed by atoms with Crippen LogP contribution in [0.5, 0.6) is 0 Å². The average molecular weight is 200 g/mol. The van der Waals surface area contributed by atoms with E-state index in [-0.39, 0.29) is 0 Å². The standard InChI is InChI=1S/C12H12N2O/c13-9-10-1-3-11(4-2-10)12-5-7-14(15)8-6-12/h1-8H,9,13H2. The maximum absolute atomic E-state index is 10.9. The fourth-order valence-electron chi connectivity index (χ4n) is 1.44. The molecule has 0 fully saturated rings. The van der Waals surface area contributed by atoms with Gasteiger partial charge < -0.3 is 10.9 Å². The zero-order valence-corrected chi connectivity index (χ0v) is 8.26. The highest BCUT2D eigenvalue weighted by Gasteiger charge is 1.98. The van der Waals surface area contributed by atoms with Crippen LogP contribution in [0.3, 0.4) is 0 Å². The summed E-state index contributed by atoms with van der Waals surface area (Å²) in [5, 5.41) is 10.9. The van der Waals surface area contributed by atoms with E-state index in [9.17, 15) is 5.21 Å². The van der Waals surface area contributed by atoms with E-state index in [1.165, 1.54) is 12.4 Å². The predicted molar refractivity (Wildman–Crippen MR) is 58.7 cm³/mol. The molecule has 1 aromatic carbocycles. The molecule has 0 spiro atoms. The number of pyridine rings is 1. The van der Waals surface area contributed by atoms with E-state index >= 15 is 0 Å². The minimum atomic E-state index is 0.551. The maximum Gasteiger partial charge on any atom is 0.180 e. The normalized spacial score (nSPS) is 10.2. The van der Waals surface area contributed by atoms with Crippen molar-refractivity contribution in [2.75, 3.05) is 0 Å². The Balaban J connectivity index is 2.33. The molecule has 0 bridgehead atoms. The summed E-state index contributed by atoms with van der Waals surface area (Å²) in [6.45, 7) is 0.551. The van der Waals surface area contributed by atoms with Crippen molar-refractivity contribution in [3.05, 3.63) is 59.6 Å². The van der Waals surface area contributed by atoms with Gasteiger partial charge in [-0.2, -0.15) is 4.73 Å². The topological polar surface area (TPSA) is 53.0 Å². The summed E-state index contributed by atoms with van der Waals surface area (Å²) in [6, 6.07) is 11.6. The van der Waals surface area contributed by atoms with Crippen LogP contribution < -0.4 is 10.5 Å². The third-order valence-electron chi connectivity index (χ3n) is 2.33. The van der Waals surface area contributed by atoms with Crippen LogP contribution in [0.15, 0.2) is 48.8 Å². The van der Waals surface area contributed by atoms with E-state index in [0.717, 1.165) is 21.4 Å². The molecule has 1 heterocycles. The number of aromatic nitrogens is 1. The zero-order valence-electron chi connectivity index (χ0n) is 8.26. The van der Waals surface area contributed by atoms with E-state index in [1.807, 2.05) is 24.3 Å². The van der Waals surface area contributed by atoms with Gasteiger partial charge in [0.1, 0.15) is 0 Å². The van der Waals surface area contributed by atoms with Gasteiger partial charge in [0.2, 0.25) is 0 Å². The van der Waals surface area contributed by atoms with Gasteiger partial charge in [0, 0.05) is 18.7 Å². The number of benzene rings is 1. The van der Waals surface area contributed by atoms with Crippen molar-refractivity contribution in [3.63, 3.8) is 0 Å². The summed E-state index contributed by atoms with van der Waals surface area (Å²) in [5.41, 5.74) is 8.74. The highest BCUT2D eigenvalue weighted by molar-refractivity contribution is 5.62. The average Bonchev–Trinajstić information content (AvgIpc) is 2.30. The van der Waals surface area contributed by atoms with Gasteiger partial charge in [0.25, 0.3) is 0 Å². The second-order valence-electron chi connectivity index (χ2n) is 3.35. The number of hydrogen-bond acceptors (Lipinski definition) is 2. The van der Waals surface area contributed by atoms with Crippen LogP contribution in [0.2, 0.25) is 0 Å². The molecule has 2 N–H and O–H groups in total. The molecule has 0 aliphatic heterocycles. The smallest absolute Gasteiger partial charge is 0.180 e. The Morgan fingerprint density at radius 2 is 1.47 bits per heavy atom. The maximum atomic E-state index is 10.9. The fourth-order valence-corrected chi connectivity index (χ4v) is 1.44. The molecule has 15 heavy (non-hydrogen) atoms. The number of rotatable bonds is 2. The molecule has 2 aromatic rings. The van der Waals surface area contributed by atoms with Gasteiger partial charge >= 0.3 is 0 Å². The van der Waals surface area contributed by atoms with Crippen molar-refractivity contribution in [2.45, 2.75) is 6.54 Å². The minimum Gasteiger partial charge on any atom is -0.619 e. The lowest BCUT2D eigenvalue weighted by Crippen LogP contribution is -2.23. The van der Waals surface area contributed by atoms with Crippen LogP contribution in [0.1, 0.15) is 5.56 Å². The van der Waals surface area contributed by atoms with Crippen LogP contribution in [-0.2, 0) is 6.54 Å². The largest absolute Gasteiger partial charge is 0.619 e. The van der Waals surface area contributed by atoms with E-state index in [2.05, 4.69) is 0 Å². The highest BCUT2D eigenvalue weighted by atomic mass is 16.5. The minimum absolute atomic E-state index is 0.551. The van der Waals surface area contributed by atoms with Gasteiger partial charge in [-0.15, -0.1) is 0 Å². The first-order valence-electron chi connectivity index (χ1n) is 4.78. The Morgan fingerprint density at radius 1 is 0.933 bits per heavy atom. The summed E-state index contributed by atoms with van der Waals surface area (Å²) >= 11 is 0. The second-order valence-corrected chi connectivity index (χ2v) is 3.35. The molecule has 76 valence electrons. The van der Waals surface area contributed by atoms with Gasteiger partial charge in [-0.25, -0.2) is 0 Å². The van der Waals surface area contributed by atoms with Gasteiger partial charge in [-0.3, -0.25) is 0 Å². The van der Waals surface area contributed by atoms with Crippen molar-refractivity contribution in [3.8, 4) is 11.1 Å². The molecule has 0 atom stereocenters. The zero-order chi connectivity index (χ0) is 10.7. The van der Waals surface area contributed by atoms with Crippen LogP contribution in [0.25, 0.3) is 11.1 Å². The number of nitrogens with zero attached hydrogens (tertiary/aromatic N) is 1. The first kappa shape index (κ1) is 9.68. The molecule has 0 saturated heterocycles. The first-order valence-corrected chi connectivity index (χ1v) is 4.78. The monoisotopic (exact) mass is 200 g/mol. The lowest BCUT2D eigenvalue weighted by molar-refractivity contribution is -0.605.